The van der Waals surface area contributed by atoms with Crippen LogP contribution in [-0.2, 0) is 0 Å². The highest BCUT2D eigenvalue weighted by molar-refractivity contribution is 5.90. The fraction of sp³-hybridized carbons (Fsp3) is 0.316. The van der Waals surface area contributed by atoms with E-state index < -0.39 is 5.95 Å². The summed E-state index contributed by atoms with van der Waals surface area (Å²) in [6.07, 6.45) is 5.63. The van der Waals surface area contributed by atoms with Gasteiger partial charge in [0, 0.05) is 44.0 Å². The van der Waals surface area contributed by atoms with Crippen LogP contribution in [-0.4, -0.2) is 47.2 Å². The van der Waals surface area contributed by atoms with Crippen LogP contribution in [0.4, 0.5) is 10.1 Å². The molecule has 1 fully saturated rings. The summed E-state index contributed by atoms with van der Waals surface area (Å²) in [5.74, 6) is -0.0586. The van der Waals surface area contributed by atoms with Crippen LogP contribution in [0.1, 0.15) is 18.4 Å². The summed E-state index contributed by atoms with van der Waals surface area (Å²) in [5.41, 5.74) is 2.49. The molecule has 138 valence electrons. The number of nitrogens with one attached hydrogen (secondary N) is 2. The molecule has 0 atom stereocenters. The molecule has 1 aliphatic rings. The summed E-state index contributed by atoms with van der Waals surface area (Å²) in [7, 11) is 1.70. The highest BCUT2D eigenvalue weighted by Gasteiger charge is 2.27. The van der Waals surface area contributed by atoms with Crippen molar-refractivity contribution in [3.8, 4) is 17.3 Å². The van der Waals surface area contributed by atoms with Crippen LogP contribution in [0.2, 0.25) is 0 Å². The largest absolute Gasteiger partial charge is 0.369 e. The second-order valence-electron chi connectivity index (χ2n) is 6.42. The first-order chi connectivity index (χ1) is 13.0. The van der Waals surface area contributed by atoms with E-state index in [1.54, 1.807) is 25.4 Å². The molecule has 0 bridgehead atoms. The summed E-state index contributed by atoms with van der Waals surface area (Å²) in [6.45, 7) is 1.34. The lowest BCUT2D eigenvalue weighted by atomic mass is 9.93. The monoisotopic (exact) mass is 365 g/mol. The first-order valence-corrected chi connectivity index (χ1v) is 8.63. The van der Waals surface area contributed by atoms with Gasteiger partial charge in [0.25, 0.3) is 0 Å². The van der Waals surface area contributed by atoms with Crippen molar-refractivity contribution in [1.29, 1.82) is 16.1 Å². The van der Waals surface area contributed by atoms with Crippen molar-refractivity contribution in [3.05, 3.63) is 42.1 Å². The van der Waals surface area contributed by atoms with E-state index >= 15 is 0 Å². The van der Waals surface area contributed by atoms with Crippen molar-refractivity contribution in [2.75, 3.05) is 25.0 Å². The number of halogens is 1. The lowest BCUT2D eigenvalue weighted by Crippen LogP contribution is -2.41. The van der Waals surface area contributed by atoms with E-state index in [-0.39, 0.29) is 5.92 Å². The Morgan fingerprint density at radius 1 is 1.33 bits per heavy atom. The zero-order valence-electron chi connectivity index (χ0n) is 15.0. The fourth-order valence-corrected chi connectivity index (χ4v) is 3.33. The van der Waals surface area contributed by atoms with Crippen molar-refractivity contribution < 1.29 is 4.39 Å². The van der Waals surface area contributed by atoms with Gasteiger partial charge in [-0.25, -0.2) is 4.98 Å². The molecule has 2 aromatic rings. The summed E-state index contributed by atoms with van der Waals surface area (Å²) in [4.78, 5) is 11.7. The summed E-state index contributed by atoms with van der Waals surface area (Å²) < 4.78 is 13.2. The Hall–Kier alpha value is -3.34. The molecular formula is C19H20FN7. The van der Waals surface area contributed by atoms with Gasteiger partial charge in [-0.05, 0) is 31.0 Å². The minimum absolute atomic E-state index is 0.0750. The number of anilines is 1. The van der Waals surface area contributed by atoms with Gasteiger partial charge in [0.1, 0.15) is 11.9 Å². The van der Waals surface area contributed by atoms with Crippen LogP contribution in [0.5, 0.6) is 0 Å². The van der Waals surface area contributed by atoms with Gasteiger partial charge < -0.3 is 9.80 Å². The number of aromatic nitrogens is 2. The van der Waals surface area contributed by atoms with Gasteiger partial charge >= 0.3 is 0 Å². The van der Waals surface area contributed by atoms with Crippen molar-refractivity contribution in [1.82, 2.24) is 14.9 Å². The third-order valence-electron chi connectivity index (χ3n) is 4.82. The molecule has 1 saturated heterocycles. The standard InChI is InChI=1S/C19H20FN7/c1-26(12-22)19(23)13-5-8-27(9-6-13)18-14(10-21)4-7-24-17(18)15-2-3-16(20)25-11-15/h2-4,7,11-13,22-23H,5-6,8-9H2,1H3. The Labute approximate surface area is 157 Å². The maximum absolute atomic E-state index is 13.2. The fourth-order valence-electron chi connectivity index (χ4n) is 3.33. The first-order valence-electron chi connectivity index (χ1n) is 8.63. The molecule has 2 N–H and O–H groups in total. The van der Waals surface area contributed by atoms with Gasteiger partial charge in [0.2, 0.25) is 5.95 Å². The molecule has 1 aliphatic heterocycles. The zero-order chi connectivity index (χ0) is 19.4. The minimum atomic E-state index is -0.564. The van der Waals surface area contributed by atoms with Crippen LogP contribution >= 0.6 is 0 Å². The average Bonchev–Trinajstić information content (AvgIpc) is 2.72. The second-order valence-corrected chi connectivity index (χ2v) is 6.42. The van der Waals surface area contributed by atoms with E-state index in [1.807, 2.05) is 0 Å². The van der Waals surface area contributed by atoms with E-state index in [1.165, 1.54) is 17.2 Å². The van der Waals surface area contributed by atoms with Crippen LogP contribution in [0.25, 0.3) is 11.3 Å². The van der Waals surface area contributed by atoms with E-state index in [2.05, 4.69) is 20.9 Å². The molecule has 7 nitrogen and oxygen atoms in total. The van der Waals surface area contributed by atoms with Gasteiger partial charge in [-0.15, -0.1) is 0 Å². The van der Waals surface area contributed by atoms with Gasteiger partial charge in [-0.2, -0.15) is 9.65 Å². The number of hydrogen-bond acceptors (Lipinski definition) is 6. The number of amidine groups is 1. The van der Waals surface area contributed by atoms with Crippen molar-refractivity contribution in [2.24, 2.45) is 5.92 Å². The molecule has 0 aromatic carbocycles. The number of piperidine rings is 1. The first kappa shape index (κ1) is 18.5. The number of hydrogen-bond donors (Lipinski definition) is 2. The molecule has 3 rings (SSSR count). The van der Waals surface area contributed by atoms with Crippen LogP contribution in [0.3, 0.4) is 0 Å². The molecule has 0 saturated carbocycles. The molecular weight excluding hydrogens is 345 g/mol. The zero-order valence-corrected chi connectivity index (χ0v) is 15.0. The van der Waals surface area contributed by atoms with Crippen molar-refractivity contribution >= 4 is 17.9 Å². The Morgan fingerprint density at radius 3 is 2.67 bits per heavy atom. The van der Waals surface area contributed by atoms with Crippen LogP contribution < -0.4 is 4.90 Å². The summed E-state index contributed by atoms with van der Waals surface area (Å²) in [5, 5.41) is 25.0. The van der Waals surface area contributed by atoms with E-state index in [4.69, 9.17) is 10.8 Å². The molecule has 2 aromatic heterocycles. The van der Waals surface area contributed by atoms with E-state index in [9.17, 15) is 9.65 Å². The highest BCUT2D eigenvalue weighted by atomic mass is 19.1. The average molecular weight is 365 g/mol. The number of rotatable bonds is 4. The summed E-state index contributed by atoms with van der Waals surface area (Å²) in [6, 6.07) is 6.78. The number of nitriles is 1. The third-order valence-corrected chi connectivity index (χ3v) is 4.82. The molecule has 0 spiro atoms. The van der Waals surface area contributed by atoms with Gasteiger partial charge in [-0.1, -0.05) is 0 Å². The molecule has 0 unspecified atom stereocenters. The molecule has 8 heteroatoms. The van der Waals surface area contributed by atoms with E-state index in [0.717, 1.165) is 24.9 Å². The third kappa shape index (κ3) is 3.77. The predicted molar refractivity (Wildman–Crippen MR) is 101 cm³/mol. The molecule has 0 amide bonds. The normalized spacial score (nSPS) is 14.5. The van der Waals surface area contributed by atoms with Crippen LogP contribution in [0.15, 0.2) is 30.6 Å². The Bertz CT molecular complexity index is 880. The predicted octanol–water partition coefficient (Wildman–Crippen LogP) is 2.89. The number of pyridine rings is 2. The lowest BCUT2D eigenvalue weighted by molar-refractivity contribution is 0.473. The number of nitrogens with zero attached hydrogens (tertiary/aromatic N) is 5. The SMILES string of the molecule is CN(C=N)C(=N)C1CCN(c2c(C#N)ccnc2-c2ccc(F)nc2)CC1. The highest BCUT2D eigenvalue weighted by Crippen LogP contribution is 2.34. The van der Waals surface area contributed by atoms with Crippen molar-refractivity contribution in [2.45, 2.75) is 12.8 Å². The van der Waals surface area contributed by atoms with Crippen molar-refractivity contribution in [3.63, 3.8) is 0 Å². The smallest absolute Gasteiger partial charge is 0.212 e. The van der Waals surface area contributed by atoms with Gasteiger partial charge in [0.15, 0.2) is 0 Å². The Balaban J connectivity index is 1.89. The van der Waals surface area contributed by atoms with E-state index in [0.29, 0.717) is 35.7 Å². The second kappa shape index (κ2) is 7.91. The molecule has 3 heterocycles. The van der Waals surface area contributed by atoms with Gasteiger partial charge in [0.05, 0.1) is 23.3 Å². The lowest BCUT2D eigenvalue weighted by Gasteiger charge is -2.36. The Kier molecular flexibility index (Phi) is 5.41. The maximum Gasteiger partial charge on any atom is 0.212 e. The minimum Gasteiger partial charge on any atom is -0.369 e. The topological polar surface area (TPSA) is 104 Å². The summed E-state index contributed by atoms with van der Waals surface area (Å²) >= 11 is 0. The van der Waals surface area contributed by atoms with Gasteiger partial charge in [-0.3, -0.25) is 15.8 Å². The maximum atomic E-state index is 13.2. The quantitative estimate of drug-likeness (QED) is 0.492. The molecule has 0 radical (unpaired) electrons. The molecule has 27 heavy (non-hydrogen) atoms. The molecule has 0 aliphatic carbocycles. The van der Waals surface area contributed by atoms with Crippen LogP contribution in [0, 0.1) is 34.0 Å². The Morgan fingerprint density at radius 2 is 2.07 bits per heavy atom.